The van der Waals surface area contributed by atoms with Crippen molar-refractivity contribution >= 4 is 28.4 Å². The van der Waals surface area contributed by atoms with E-state index >= 15 is 4.39 Å². The van der Waals surface area contributed by atoms with Crippen LogP contribution < -0.4 is 27.3 Å². The van der Waals surface area contributed by atoms with Gasteiger partial charge >= 0.3 is 11.7 Å². The summed E-state index contributed by atoms with van der Waals surface area (Å²) in [5, 5.41) is 16.3. The lowest BCUT2D eigenvalue weighted by molar-refractivity contribution is 0.0694. The summed E-state index contributed by atoms with van der Waals surface area (Å²) in [5.74, 6) is -1.64. The summed E-state index contributed by atoms with van der Waals surface area (Å²) >= 11 is 0. The zero-order chi connectivity index (χ0) is 33.4. The van der Waals surface area contributed by atoms with Gasteiger partial charge in [0.15, 0.2) is 0 Å². The Morgan fingerprint density at radius 1 is 1.13 bits per heavy atom. The van der Waals surface area contributed by atoms with Crippen LogP contribution in [0, 0.1) is 12.7 Å². The zero-order valence-corrected chi connectivity index (χ0v) is 26.9. The number of hydrogen-bond donors (Lipinski definition) is 5. The SMILES string of the molecule is CCc1cc(Nc2cc(=O)n(CCCC(c3cc4[nH]c(C5CC5)c(C(=O)O)c(=O)c4cc3F)N3CCNC(C)C3)c(=O)[nH]2)ccc1C. The fraction of sp³-hybridized carbons (Fsp3) is 0.429. The lowest BCUT2D eigenvalue weighted by Gasteiger charge is -2.38. The maximum Gasteiger partial charge on any atom is 0.341 e. The van der Waals surface area contributed by atoms with E-state index in [1.165, 1.54) is 17.2 Å². The van der Waals surface area contributed by atoms with Crippen LogP contribution in [0.5, 0.6) is 0 Å². The molecule has 2 aliphatic rings. The minimum absolute atomic E-state index is 0.00354. The first-order chi connectivity index (χ1) is 22.5. The smallest absolute Gasteiger partial charge is 0.341 e. The van der Waals surface area contributed by atoms with Gasteiger partial charge < -0.3 is 20.7 Å². The monoisotopic (exact) mass is 644 g/mol. The summed E-state index contributed by atoms with van der Waals surface area (Å²) in [4.78, 5) is 59.4. The van der Waals surface area contributed by atoms with Gasteiger partial charge in [0.1, 0.15) is 17.2 Å². The Hall–Kier alpha value is -4.55. The number of rotatable bonds is 11. The second-order valence-corrected chi connectivity index (χ2v) is 12.8. The molecular formula is C35H41FN6O5. The molecule has 2 aromatic carbocycles. The lowest BCUT2D eigenvalue weighted by Crippen LogP contribution is -2.50. The number of benzene rings is 2. The van der Waals surface area contributed by atoms with E-state index in [9.17, 15) is 24.3 Å². The molecule has 4 aromatic rings. The third-order valence-corrected chi connectivity index (χ3v) is 9.44. The molecule has 0 radical (unpaired) electrons. The molecule has 0 amide bonds. The van der Waals surface area contributed by atoms with Gasteiger partial charge in [-0.25, -0.2) is 14.0 Å². The van der Waals surface area contributed by atoms with Crippen molar-refractivity contribution in [3.63, 3.8) is 0 Å². The number of anilines is 2. The number of piperazine rings is 1. The van der Waals surface area contributed by atoms with Gasteiger partial charge in [0.05, 0.1) is 5.52 Å². The zero-order valence-electron chi connectivity index (χ0n) is 26.9. The first-order valence-electron chi connectivity index (χ1n) is 16.3. The highest BCUT2D eigenvalue weighted by Gasteiger charge is 2.33. The molecular weight excluding hydrogens is 603 g/mol. The van der Waals surface area contributed by atoms with Gasteiger partial charge in [-0.05, 0) is 81.3 Å². The van der Waals surface area contributed by atoms with Gasteiger partial charge in [0, 0.05) is 72.6 Å². The summed E-state index contributed by atoms with van der Waals surface area (Å²) in [5.41, 5.74) is 2.31. The highest BCUT2D eigenvalue weighted by molar-refractivity contribution is 5.94. The molecule has 47 heavy (non-hydrogen) atoms. The van der Waals surface area contributed by atoms with E-state index in [0.717, 1.165) is 35.6 Å². The highest BCUT2D eigenvalue weighted by Crippen LogP contribution is 2.41. The Kier molecular flexibility index (Phi) is 9.16. The number of nitrogens with zero attached hydrogens (tertiary/aromatic N) is 2. The molecule has 248 valence electrons. The fourth-order valence-electron chi connectivity index (χ4n) is 6.80. The van der Waals surface area contributed by atoms with Crippen LogP contribution >= 0.6 is 0 Å². The average Bonchev–Trinajstić information content (AvgIpc) is 3.87. The van der Waals surface area contributed by atoms with Crippen molar-refractivity contribution in [2.75, 3.05) is 25.0 Å². The minimum atomic E-state index is -1.32. The molecule has 2 unspecified atom stereocenters. The molecule has 12 heteroatoms. The van der Waals surface area contributed by atoms with Crippen molar-refractivity contribution < 1.29 is 14.3 Å². The summed E-state index contributed by atoms with van der Waals surface area (Å²) in [6.45, 7) is 8.33. The van der Waals surface area contributed by atoms with Gasteiger partial charge in [0.25, 0.3) is 5.56 Å². The number of fused-ring (bicyclic) bond motifs is 1. The third-order valence-electron chi connectivity index (χ3n) is 9.44. The Balaban J connectivity index is 1.27. The van der Waals surface area contributed by atoms with Crippen LogP contribution in [0.25, 0.3) is 10.9 Å². The molecule has 1 saturated heterocycles. The normalized spacial score (nSPS) is 17.6. The number of aromatic nitrogens is 3. The lowest BCUT2D eigenvalue weighted by atomic mass is 9.95. The average molecular weight is 645 g/mol. The number of nitrogens with one attached hydrogen (secondary N) is 4. The largest absolute Gasteiger partial charge is 0.477 e. The van der Waals surface area contributed by atoms with Crippen molar-refractivity contribution in [1.82, 2.24) is 24.8 Å². The molecule has 6 rings (SSSR count). The standard InChI is InChI=1S/C35H41FN6O5/c1-4-21-14-23(10-7-19(21)2)38-29-17-30(43)42(35(47)40-29)12-5-6-28(41-13-11-37-20(3)18-41)24-16-27-25(15-26(24)36)33(44)31(34(45)46)32(39-27)22-8-9-22/h7,10,14-17,20,22,28,37-38H,4-6,8-9,11-13,18H2,1-3H3,(H,39,44)(H,40,47)(H,45,46). The Morgan fingerprint density at radius 3 is 2.60 bits per heavy atom. The molecule has 0 bridgehead atoms. The molecule has 2 aromatic heterocycles. The number of pyridine rings is 1. The van der Waals surface area contributed by atoms with Gasteiger partial charge in [-0.1, -0.05) is 13.0 Å². The molecule has 5 N–H and O–H groups in total. The van der Waals surface area contributed by atoms with Gasteiger partial charge in [0.2, 0.25) is 5.43 Å². The van der Waals surface area contributed by atoms with Crippen LogP contribution in [0.4, 0.5) is 15.9 Å². The topological polar surface area (TPSA) is 152 Å². The predicted molar refractivity (Wildman–Crippen MR) is 180 cm³/mol. The molecule has 1 saturated carbocycles. The summed E-state index contributed by atoms with van der Waals surface area (Å²) < 4.78 is 17.1. The molecule has 11 nitrogen and oxygen atoms in total. The van der Waals surface area contributed by atoms with Crippen molar-refractivity contribution in [3.8, 4) is 0 Å². The van der Waals surface area contributed by atoms with Crippen molar-refractivity contribution in [1.29, 1.82) is 0 Å². The molecule has 1 aliphatic heterocycles. The number of aryl methyl sites for hydroxylation is 2. The molecule has 2 atom stereocenters. The van der Waals surface area contributed by atoms with E-state index < -0.39 is 34.5 Å². The number of aromatic carboxylic acids is 1. The van der Waals surface area contributed by atoms with Crippen LogP contribution in [-0.2, 0) is 13.0 Å². The maximum atomic E-state index is 15.9. The van der Waals surface area contributed by atoms with Crippen LogP contribution in [0.2, 0.25) is 0 Å². The molecule has 0 spiro atoms. The number of halogens is 1. The van der Waals surface area contributed by atoms with E-state index in [4.69, 9.17) is 0 Å². The minimum Gasteiger partial charge on any atom is -0.477 e. The predicted octanol–water partition coefficient (Wildman–Crippen LogP) is 4.52. The Bertz CT molecular complexity index is 1980. The summed E-state index contributed by atoms with van der Waals surface area (Å²) in [6, 6.07) is 9.79. The van der Waals surface area contributed by atoms with E-state index in [-0.39, 0.29) is 29.5 Å². The first-order valence-corrected chi connectivity index (χ1v) is 16.3. The van der Waals surface area contributed by atoms with Crippen molar-refractivity contribution in [3.05, 3.63) is 101 Å². The molecule has 1 aliphatic carbocycles. The molecule has 3 heterocycles. The van der Waals surface area contributed by atoms with E-state index in [1.807, 2.05) is 25.1 Å². The summed E-state index contributed by atoms with van der Waals surface area (Å²) in [6.07, 6.45) is 3.30. The Morgan fingerprint density at radius 2 is 1.91 bits per heavy atom. The fourth-order valence-corrected chi connectivity index (χ4v) is 6.80. The van der Waals surface area contributed by atoms with E-state index in [2.05, 4.69) is 39.3 Å². The van der Waals surface area contributed by atoms with Crippen LogP contribution in [-0.4, -0.2) is 56.2 Å². The highest BCUT2D eigenvalue weighted by atomic mass is 19.1. The van der Waals surface area contributed by atoms with E-state index in [1.54, 1.807) is 6.07 Å². The number of carboxylic acids is 1. The van der Waals surface area contributed by atoms with Crippen LogP contribution in [0.1, 0.15) is 84.2 Å². The number of H-pyrrole nitrogens is 2. The van der Waals surface area contributed by atoms with Crippen molar-refractivity contribution in [2.24, 2.45) is 0 Å². The van der Waals surface area contributed by atoms with Gasteiger partial charge in [-0.3, -0.25) is 24.0 Å². The second kappa shape index (κ2) is 13.3. The number of carbonyl (C=O) groups is 1. The second-order valence-electron chi connectivity index (χ2n) is 12.8. The van der Waals surface area contributed by atoms with Crippen LogP contribution in [0.15, 0.2) is 50.8 Å². The molecule has 2 fully saturated rings. The quantitative estimate of drug-likeness (QED) is 0.160. The third kappa shape index (κ3) is 6.79. The number of aromatic amines is 2. The van der Waals surface area contributed by atoms with Crippen molar-refractivity contribution in [2.45, 2.75) is 77.4 Å². The van der Waals surface area contributed by atoms with Gasteiger partial charge in [-0.2, -0.15) is 0 Å². The van der Waals surface area contributed by atoms with Crippen LogP contribution in [0.3, 0.4) is 0 Å². The number of carboxylic acid groups (broad SMARTS) is 1. The van der Waals surface area contributed by atoms with E-state index in [0.29, 0.717) is 55.1 Å². The number of hydrogen-bond acceptors (Lipinski definition) is 7. The first kappa shape index (κ1) is 32.4. The maximum absolute atomic E-state index is 15.9. The van der Waals surface area contributed by atoms with Gasteiger partial charge in [-0.15, -0.1) is 0 Å². The Labute approximate surface area is 270 Å². The summed E-state index contributed by atoms with van der Waals surface area (Å²) in [7, 11) is 0.